The second-order valence-electron chi connectivity index (χ2n) is 4.58. The van der Waals surface area contributed by atoms with E-state index in [0.717, 1.165) is 11.3 Å². The Balaban J connectivity index is 2.14. The van der Waals surface area contributed by atoms with Gasteiger partial charge in [0.15, 0.2) is 5.75 Å². The number of phenols is 1. The van der Waals surface area contributed by atoms with Gasteiger partial charge in [-0.05, 0) is 43.2 Å². The molecule has 0 atom stereocenters. The maximum Gasteiger partial charge on any atom is 0.152 e. The molecule has 4 heteroatoms. The Morgan fingerprint density at radius 2 is 1.68 bits per heavy atom. The molecule has 2 nitrogen and oxygen atoms in total. The summed E-state index contributed by atoms with van der Waals surface area (Å²) in [6.07, 6.45) is 0. The molecule has 0 spiro atoms. The number of anilines is 1. The van der Waals surface area contributed by atoms with Gasteiger partial charge in [-0.1, -0.05) is 40.9 Å². The van der Waals surface area contributed by atoms with Crippen LogP contribution < -0.4 is 5.32 Å². The molecule has 0 saturated carbocycles. The SMILES string of the molecule is Cc1ccc(NCc2cc(Cl)c(O)c(Cl)c2)c(C)c1. The van der Waals surface area contributed by atoms with Crippen LogP contribution in [0.15, 0.2) is 30.3 Å². The third kappa shape index (κ3) is 3.34. The van der Waals surface area contributed by atoms with E-state index in [0.29, 0.717) is 6.54 Å². The van der Waals surface area contributed by atoms with Gasteiger partial charge in [-0.25, -0.2) is 0 Å². The summed E-state index contributed by atoms with van der Waals surface area (Å²) < 4.78 is 0. The van der Waals surface area contributed by atoms with Crippen LogP contribution in [0.25, 0.3) is 0 Å². The van der Waals surface area contributed by atoms with Crippen LogP contribution in [0.4, 0.5) is 5.69 Å². The standard InChI is InChI=1S/C15H15Cl2NO/c1-9-3-4-14(10(2)5-9)18-8-11-6-12(16)15(19)13(17)7-11/h3-7,18-19H,8H2,1-2H3. The van der Waals surface area contributed by atoms with E-state index in [1.807, 2.05) is 6.07 Å². The molecule has 2 aromatic carbocycles. The fourth-order valence-corrected chi connectivity index (χ4v) is 2.46. The number of aryl methyl sites for hydroxylation is 2. The van der Waals surface area contributed by atoms with Gasteiger partial charge in [0.1, 0.15) is 0 Å². The zero-order valence-corrected chi connectivity index (χ0v) is 12.3. The van der Waals surface area contributed by atoms with E-state index in [9.17, 15) is 5.11 Å². The van der Waals surface area contributed by atoms with E-state index >= 15 is 0 Å². The molecular formula is C15H15Cl2NO. The van der Waals surface area contributed by atoms with Crippen molar-refractivity contribution in [2.24, 2.45) is 0 Å². The van der Waals surface area contributed by atoms with Gasteiger partial charge >= 0.3 is 0 Å². The maximum atomic E-state index is 9.51. The van der Waals surface area contributed by atoms with Crippen molar-refractivity contribution in [3.8, 4) is 5.75 Å². The van der Waals surface area contributed by atoms with Gasteiger partial charge in [0, 0.05) is 12.2 Å². The number of benzene rings is 2. The Morgan fingerprint density at radius 3 is 2.26 bits per heavy atom. The lowest BCUT2D eigenvalue weighted by Crippen LogP contribution is -2.01. The van der Waals surface area contributed by atoms with Crippen LogP contribution in [0.3, 0.4) is 0 Å². The molecule has 2 N–H and O–H groups in total. The quantitative estimate of drug-likeness (QED) is 0.842. The Kier molecular flexibility index (Phi) is 4.23. The lowest BCUT2D eigenvalue weighted by atomic mass is 10.1. The highest BCUT2D eigenvalue weighted by Crippen LogP contribution is 2.33. The smallest absolute Gasteiger partial charge is 0.152 e. The number of aromatic hydroxyl groups is 1. The highest BCUT2D eigenvalue weighted by molar-refractivity contribution is 6.37. The normalized spacial score (nSPS) is 10.5. The van der Waals surface area contributed by atoms with Crippen LogP contribution in [-0.2, 0) is 6.54 Å². The van der Waals surface area contributed by atoms with Gasteiger partial charge in [0.2, 0.25) is 0 Å². The van der Waals surface area contributed by atoms with Crippen molar-refractivity contribution in [3.05, 3.63) is 57.1 Å². The van der Waals surface area contributed by atoms with Gasteiger partial charge < -0.3 is 10.4 Å². The third-order valence-electron chi connectivity index (χ3n) is 2.94. The van der Waals surface area contributed by atoms with E-state index in [1.165, 1.54) is 11.1 Å². The van der Waals surface area contributed by atoms with Gasteiger partial charge in [0.05, 0.1) is 10.0 Å². The molecule has 0 aromatic heterocycles. The van der Waals surface area contributed by atoms with Crippen LogP contribution >= 0.6 is 23.2 Å². The maximum absolute atomic E-state index is 9.51. The van der Waals surface area contributed by atoms with E-state index < -0.39 is 0 Å². The summed E-state index contributed by atoms with van der Waals surface area (Å²) in [5.74, 6) is -0.0707. The van der Waals surface area contributed by atoms with Crippen LogP contribution in [0.1, 0.15) is 16.7 Å². The number of halogens is 2. The van der Waals surface area contributed by atoms with E-state index in [-0.39, 0.29) is 15.8 Å². The van der Waals surface area contributed by atoms with Crippen LogP contribution in [0, 0.1) is 13.8 Å². The molecule has 19 heavy (non-hydrogen) atoms. The fraction of sp³-hybridized carbons (Fsp3) is 0.200. The van der Waals surface area contributed by atoms with E-state index in [4.69, 9.17) is 23.2 Å². The van der Waals surface area contributed by atoms with Crippen molar-refractivity contribution in [1.82, 2.24) is 0 Å². The van der Waals surface area contributed by atoms with Crippen molar-refractivity contribution < 1.29 is 5.11 Å². The van der Waals surface area contributed by atoms with E-state index in [1.54, 1.807) is 12.1 Å². The number of rotatable bonds is 3. The summed E-state index contributed by atoms with van der Waals surface area (Å²) in [5, 5.41) is 13.4. The second kappa shape index (κ2) is 5.72. The Bertz CT molecular complexity index is 588. The molecule has 0 saturated heterocycles. The van der Waals surface area contributed by atoms with Gasteiger partial charge in [-0.3, -0.25) is 0 Å². The molecule has 0 aliphatic rings. The summed E-state index contributed by atoms with van der Waals surface area (Å²) in [6.45, 7) is 4.73. The summed E-state index contributed by atoms with van der Waals surface area (Å²) in [7, 11) is 0. The summed E-state index contributed by atoms with van der Waals surface area (Å²) in [6, 6.07) is 9.65. The average molecular weight is 296 g/mol. The third-order valence-corrected chi connectivity index (χ3v) is 3.52. The molecule has 0 radical (unpaired) electrons. The Morgan fingerprint density at radius 1 is 1.05 bits per heavy atom. The molecule has 0 heterocycles. The second-order valence-corrected chi connectivity index (χ2v) is 5.39. The first-order chi connectivity index (χ1) is 8.97. The first-order valence-corrected chi connectivity index (χ1v) is 6.71. The van der Waals surface area contributed by atoms with Crippen molar-refractivity contribution in [3.63, 3.8) is 0 Å². The van der Waals surface area contributed by atoms with Crippen LogP contribution in [-0.4, -0.2) is 5.11 Å². The summed E-state index contributed by atoms with van der Waals surface area (Å²) >= 11 is 11.8. The molecule has 0 unspecified atom stereocenters. The van der Waals surface area contributed by atoms with Crippen LogP contribution in [0.5, 0.6) is 5.75 Å². The molecule has 100 valence electrons. The fourth-order valence-electron chi connectivity index (χ4n) is 1.93. The first kappa shape index (κ1) is 14.0. The molecular weight excluding hydrogens is 281 g/mol. The predicted molar refractivity (Wildman–Crippen MR) is 81.4 cm³/mol. The number of phenolic OH excluding ortho intramolecular Hbond substituents is 1. The van der Waals surface area contributed by atoms with E-state index in [2.05, 4.69) is 31.3 Å². The minimum atomic E-state index is -0.0707. The van der Waals surface area contributed by atoms with Gasteiger partial charge in [-0.2, -0.15) is 0 Å². The minimum absolute atomic E-state index is 0.0707. The zero-order valence-electron chi connectivity index (χ0n) is 10.8. The minimum Gasteiger partial charge on any atom is -0.505 e. The largest absolute Gasteiger partial charge is 0.505 e. The monoisotopic (exact) mass is 295 g/mol. The lowest BCUT2D eigenvalue weighted by Gasteiger charge is -2.11. The summed E-state index contributed by atoms with van der Waals surface area (Å²) in [5.41, 5.74) is 4.42. The number of nitrogens with one attached hydrogen (secondary N) is 1. The molecule has 0 aliphatic heterocycles. The topological polar surface area (TPSA) is 32.3 Å². The highest BCUT2D eigenvalue weighted by atomic mass is 35.5. The number of hydrogen-bond donors (Lipinski definition) is 2. The predicted octanol–water partition coefficient (Wildman–Crippen LogP) is 4.93. The van der Waals surface area contributed by atoms with Crippen molar-refractivity contribution >= 4 is 28.9 Å². The van der Waals surface area contributed by atoms with Crippen molar-refractivity contribution in [1.29, 1.82) is 0 Å². The molecule has 0 bridgehead atoms. The summed E-state index contributed by atoms with van der Waals surface area (Å²) in [4.78, 5) is 0. The molecule has 0 aliphatic carbocycles. The first-order valence-electron chi connectivity index (χ1n) is 5.95. The highest BCUT2D eigenvalue weighted by Gasteiger charge is 2.07. The number of hydrogen-bond acceptors (Lipinski definition) is 2. The molecule has 2 aromatic rings. The van der Waals surface area contributed by atoms with Crippen LogP contribution in [0.2, 0.25) is 10.0 Å². The average Bonchev–Trinajstić information content (AvgIpc) is 2.34. The van der Waals surface area contributed by atoms with Crippen molar-refractivity contribution in [2.75, 3.05) is 5.32 Å². The van der Waals surface area contributed by atoms with Crippen molar-refractivity contribution in [2.45, 2.75) is 20.4 Å². The lowest BCUT2D eigenvalue weighted by molar-refractivity contribution is 0.475. The molecule has 2 rings (SSSR count). The van der Waals surface area contributed by atoms with Gasteiger partial charge in [-0.15, -0.1) is 0 Å². The Hall–Kier alpha value is -1.38. The Labute approximate surface area is 123 Å². The zero-order chi connectivity index (χ0) is 14.0. The molecule has 0 amide bonds. The van der Waals surface area contributed by atoms with Gasteiger partial charge in [0.25, 0.3) is 0 Å². The molecule has 0 fully saturated rings.